The molecule has 10 heteroatoms. The monoisotopic (exact) mass is 329 g/mol. The number of hydrogen-bond acceptors (Lipinski definition) is 8. The number of carbonyl (C=O) groups is 2. The first-order valence-electron chi connectivity index (χ1n) is 5.37. The second-order valence-electron chi connectivity index (χ2n) is 3.51. The topological polar surface area (TPSA) is 107 Å². The molecule has 0 aliphatic carbocycles. The summed E-state index contributed by atoms with van der Waals surface area (Å²) < 4.78 is 0.452. The number of thioether (sulfide) groups is 1. The zero-order valence-corrected chi connectivity index (χ0v) is 12.6. The second-order valence-corrected chi connectivity index (χ2v) is 7.02. The van der Waals surface area contributed by atoms with Crippen molar-refractivity contribution >= 4 is 56.6 Å². The van der Waals surface area contributed by atoms with E-state index in [1.165, 1.54) is 18.3 Å². The van der Waals surface area contributed by atoms with Gasteiger partial charge in [-0.05, 0) is 24.4 Å². The van der Waals surface area contributed by atoms with Crippen molar-refractivity contribution in [2.45, 2.75) is 16.5 Å². The summed E-state index contributed by atoms with van der Waals surface area (Å²) in [4.78, 5) is 22.2. The zero-order valence-electron chi connectivity index (χ0n) is 10.2. The standard InChI is InChI=1S/C10H10N4O3S3/c1-5(7(15)16)19-10-14-13-9(20-10)12-8(17)11-6-3-2-4-18-6/h2-5H,1H3,(H,15,16)(H2,11,12,13,17)/p-1/t5-/m1/s1. The molecule has 1 atom stereocenters. The Morgan fingerprint density at radius 3 is 2.85 bits per heavy atom. The molecule has 0 radical (unpaired) electrons. The molecule has 2 amide bonds. The molecule has 0 fully saturated rings. The minimum Gasteiger partial charge on any atom is -0.549 e. The van der Waals surface area contributed by atoms with Gasteiger partial charge in [0.25, 0.3) is 0 Å². The molecular formula is C10H9N4O3S3-. The molecule has 0 saturated carbocycles. The number of thiophene rings is 1. The van der Waals surface area contributed by atoms with Gasteiger partial charge in [-0.15, -0.1) is 21.5 Å². The van der Waals surface area contributed by atoms with Crippen molar-refractivity contribution in [3.05, 3.63) is 17.5 Å². The summed E-state index contributed by atoms with van der Waals surface area (Å²) in [5, 5.41) is 25.5. The minimum atomic E-state index is -1.17. The largest absolute Gasteiger partial charge is 0.549 e. The van der Waals surface area contributed by atoms with Crippen molar-refractivity contribution in [3.8, 4) is 0 Å². The van der Waals surface area contributed by atoms with Gasteiger partial charge in [-0.25, -0.2) is 4.79 Å². The molecule has 20 heavy (non-hydrogen) atoms. The summed E-state index contributed by atoms with van der Waals surface area (Å²) in [5.41, 5.74) is 0. The molecule has 0 bridgehead atoms. The number of carbonyl (C=O) groups excluding carboxylic acids is 2. The number of urea groups is 1. The van der Waals surface area contributed by atoms with Crippen molar-refractivity contribution < 1.29 is 14.7 Å². The van der Waals surface area contributed by atoms with E-state index in [1.807, 2.05) is 11.4 Å². The molecular weight excluding hydrogens is 320 g/mol. The first-order chi connectivity index (χ1) is 9.54. The predicted octanol–water partition coefficient (Wildman–Crippen LogP) is 1.47. The maximum absolute atomic E-state index is 11.6. The highest BCUT2D eigenvalue weighted by atomic mass is 32.2. The van der Waals surface area contributed by atoms with Crippen molar-refractivity contribution in [1.82, 2.24) is 10.2 Å². The van der Waals surface area contributed by atoms with Crippen molar-refractivity contribution in [3.63, 3.8) is 0 Å². The number of amides is 2. The number of carboxylic acids is 1. The van der Waals surface area contributed by atoms with E-state index in [9.17, 15) is 14.7 Å². The molecule has 2 heterocycles. The van der Waals surface area contributed by atoms with Gasteiger partial charge < -0.3 is 9.90 Å². The highest BCUT2D eigenvalue weighted by Gasteiger charge is 2.12. The van der Waals surface area contributed by atoms with E-state index in [2.05, 4.69) is 20.8 Å². The summed E-state index contributed by atoms with van der Waals surface area (Å²) in [6.07, 6.45) is 0. The Balaban J connectivity index is 1.89. The van der Waals surface area contributed by atoms with E-state index in [4.69, 9.17) is 0 Å². The van der Waals surface area contributed by atoms with E-state index in [1.54, 1.807) is 6.07 Å². The van der Waals surface area contributed by atoms with Gasteiger partial charge in [0.05, 0.1) is 11.0 Å². The summed E-state index contributed by atoms with van der Waals surface area (Å²) in [6, 6.07) is 3.17. The minimum absolute atomic E-state index is 0.298. The van der Waals surface area contributed by atoms with Gasteiger partial charge in [-0.1, -0.05) is 23.1 Å². The molecule has 7 nitrogen and oxygen atoms in total. The lowest BCUT2D eigenvalue weighted by atomic mass is 10.5. The first-order valence-corrected chi connectivity index (χ1v) is 7.94. The number of rotatable bonds is 5. The van der Waals surface area contributed by atoms with Crippen LogP contribution in [0, 0.1) is 0 Å². The maximum atomic E-state index is 11.6. The fourth-order valence-corrected chi connectivity index (χ4v) is 3.53. The van der Waals surface area contributed by atoms with Gasteiger partial charge in [0.2, 0.25) is 5.13 Å². The lowest BCUT2D eigenvalue weighted by molar-refractivity contribution is -0.304. The van der Waals surface area contributed by atoms with Crippen LogP contribution in [0.15, 0.2) is 21.9 Å². The third-order valence-electron chi connectivity index (χ3n) is 1.99. The summed E-state index contributed by atoms with van der Waals surface area (Å²) in [6.45, 7) is 1.50. The van der Waals surface area contributed by atoms with E-state index in [0.29, 0.717) is 14.5 Å². The normalized spacial score (nSPS) is 11.8. The zero-order chi connectivity index (χ0) is 14.5. The lowest BCUT2D eigenvalue weighted by Gasteiger charge is -2.08. The SMILES string of the molecule is C[C@@H](Sc1nnc(NC(=O)Nc2cccs2)s1)C(=O)[O-]. The molecule has 0 unspecified atom stereocenters. The van der Waals surface area contributed by atoms with E-state index in [-0.39, 0.29) is 0 Å². The fraction of sp³-hybridized carbons (Fsp3) is 0.200. The van der Waals surface area contributed by atoms with Crippen LogP contribution in [0.4, 0.5) is 14.9 Å². The number of anilines is 2. The van der Waals surface area contributed by atoms with Crippen molar-refractivity contribution in [1.29, 1.82) is 0 Å². The Morgan fingerprint density at radius 2 is 2.20 bits per heavy atom. The fourth-order valence-electron chi connectivity index (χ4n) is 1.10. The van der Waals surface area contributed by atoms with Crippen LogP contribution in [0.25, 0.3) is 0 Å². The molecule has 2 aromatic rings. The van der Waals surface area contributed by atoms with Crippen LogP contribution < -0.4 is 15.7 Å². The Bertz CT molecular complexity index is 599. The van der Waals surface area contributed by atoms with Crippen LogP contribution in [0.1, 0.15) is 6.92 Å². The number of hydrogen-bond donors (Lipinski definition) is 2. The summed E-state index contributed by atoms with van der Waals surface area (Å²) in [5.74, 6) is -1.17. The molecule has 0 aromatic carbocycles. The average Bonchev–Trinajstić information content (AvgIpc) is 3.01. The highest BCUT2D eigenvalue weighted by molar-refractivity contribution is 8.02. The number of nitrogens with zero attached hydrogens (tertiary/aromatic N) is 2. The lowest BCUT2D eigenvalue weighted by Crippen LogP contribution is -2.31. The molecule has 2 rings (SSSR count). The van der Waals surface area contributed by atoms with E-state index < -0.39 is 17.3 Å². The highest BCUT2D eigenvalue weighted by Crippen LogP contribution is 2.28. The molecule has 0 spiro atoms. The molecule has 0 aliphatic rings. The van der Waals surface area contributed by atoms with E-state index in [0.717, 1.165) is 23.1 Å². The van der Waals surface area contributed by atoms with Crippen LogP contribution in [0.3, 0.4) is 0 Å². The van der Waals surface area contributed by atoms with Crippen LogP contribution >= 0.6 is 34.4 Å². The molecule has 0 saturated heterocycles. The maximum Gasteiger partial charge on any atom is 0.326 e. The Labute approximate surface area is 126 Å². The molecule has 2 N–H and O–H groups in total. The Kier molecular flexibility index (Phi) is 4.93. The van der Waals surface area contributed by atoms with Crippen molar-refractivity contribution in [2.24, 2.45) is 0 Å². The summed E-state index contributed by atoms with van der Waals surface area (Å²) in [7, 11) is 0. The van der Waals surface area contributed by atoms with Crippen LogP contribution in [-0.4, -0.2) is 27.4 Å². The third kappa shape index (κ3) is 4.18. The van der Waals surface area contributed by atoms with Crippen LogP contribution in [-0.2, 0) is 4.79 Å². The Morgan fingerprint density at radius 1 is 1.40 bits per heavy atom. The molecule has 106 valence electrons. The van der Waals surface area contributed by atoms with Crippen LogP contribution in [0.2, 0.25) is 0 Å². The predicted molar refractivity (Wildman–Crippen MR) is 77.2 cm³/mol. The van der Waals surface area contributed by atoms with Gasteiger partial charge in [-0.3, -0.25) is 10.6 Å². The number of aromatic nitrogens is 2. The summed E-state index contributed by atoms with van der Waals surface area (Å²) >= 11 is 3.52. The van der Waals surface area contributed by atoms with Crippen LogP contribution in [0.5, 0.6) is 0 Å². The third-order valence-corrected chi connectivity index (χ3v) is 4.78. The number of carboxylic acid groups (broad SMARTS) is 1. The van der Waals surface area contributed by atoms with Gasteiger partial charge in [-0.2, -0.15) is 0 Å². The first kappa shape index (κ1) is 14.8. The smallest absolute Gasteiger partial charge is 0.326 e. The van der Waals surface area contributed by atoms with Gasteiger partial charge in [0.1, 0.15) is 0 Å². The second kappa shape index (κ2) is 6.68. The Hall–Kier alpha value is -1.65. The van der Waals surface area contributed by atoms with Gasteiger partial charge in [0.15, 0.2) is 4.34 Å². The average molecular weight is 329 g/mol. The van der Waals surface area contributed by atoms with Gasteiger partial charge in [0, 0.05) is 5.25 Å². The quantitative estimate of drug-likeness (QED) is 0.635. The number of nitrogens with one attached hydrogen (secondary N) is 2. The number of aliphatic carboxylic acids is 1. The van der Waals surface area contributed by atoms with E-state index >= 15 is 0 Å². The molecule has 0 aliphatic heterocycles. The van der Waals surface area contributed by atoms with Crippen molar-refractivity contribution in [2.75, 3.05) is 10.6 Å². The molecule has 2 aromatic heterocycles. The van der Waals surface area contributed by atoms with Gasteiger partial charge >= 0.3 is 6.03 Å².